The highest BCUT2D eigenvalue weighted by Gasteiger charge is 2.04. The van der Waals surface area contributed by atoms with Crippen LogP contribution in [0.25, 0.3) is 0 Å². The van der Waals surface area contributed by atoms with Gasteiger partial charge in [-0.1, -0.05) is 19.1 Å². The highest BCUT2D eigenvalue weighted by Crippen LogP contribution is 2.12. The minimum Gasteiger partial charge on any atom is -0.381 e. The maximum atomic E-state index is 13.0. The normalized spacial score (nSPS) is 12.6. The van der Waals surface area contributed by atoms with Gasteiger partial charge in [-0.15, -0.1) is 0 Å². The highest BCUT2D eigenvalue weighted by molar-refractivity contribution is 5.19. The Bertz CT molecular complexity index is 317. The molecule has 0 saturated heterocycles. The van der Waals surface area contributed by atoms with E-state index in [1.54, 1.807) is 12.1 Å². The molecule has 0 saturated carbocycles. The average molecular weight is 239 g/mol. The molecule has 1 aromatic carbocycles. The molecule has 96 valence electrons. The molecule has 0 heterocycles. The van der Waals surface area contributed by atoms with Gasteiger partial charge in [-0.3, -0.25) is 0 Å². The van der Waals surface area contributed by atoms with Crippen molar-refractivity contribution in [3.8, 4) is 0 Å². The summed E-state index contributed by atoms with van der Waals surface area (Å²) >= 11 is 0. The second-order valence-corrected chi connectivity index (χ2v) is 4.20. The summed E-state index contributed by atoms with van der Waals surface area (Å²) < 4.78 is 18.4. The molecule has 1 atom stereocenters. The molecular weight excluding hydrogens is 217 g/mol. The lowest BCUT2D eigenvalue weighted by Gasteiger charge is -2.14. The third-order valence-corrected chi connectivity index (χ3v) is 2.61. The van der Waals surface area contributed by atoms with Crippen molar-refractivity contribution in [1.29, 1.82) is 0 Å². The second kappa shape index (κ2) is 8.20. The molecule has 1 N–H and O–H groups in total. The van der Waals surface area contributed by atoms with Crippen LogP contribution >= 0.6 is 0 Å². The van der Waals surface area contributed by atoms with Gasteiger partial charge in [0, 0.05) is 19.3 Å². The lowest BCUT2D eigenvalue weighted by atomic mass is 10.1. The topological polar surface area (TPSA) is 21.3 Å². The first kappa shape index (κ1) is 14.1. The van der Waals surface area contributed by atoms with E-state index in [4.69, 9.17) is 4.74 Å². The number of nitrogens with one attached hydrogen (secondary N) is 1. The van der Waals surface area contributed by atoms with Crippen LogP contribution in [0.1, 0.15) is 38.3 Å². The van der Waals surface area contributed by atoms with Crippen molar-refractivity contribution < 1.29 is 9.13 Å². The van der Waals surface area contributed by atoms with Gasteiger partial charge in [-0.2, -0.15) is 0 Å². The monoisotopic (exact) mass is 239 g/mol. The van der Waals surface area contributed by atoms with Crippen LogP contribution in [0, 0.1) is 5.82 Å². The summed E-state index contributed by atoms with van der Waals surface area (Å²) in [6.07, 6.45) is 2.05. The minimum absolute atomic E-state index is 0.178. The first-order valence-corrected chi connectivity index (χ1v) is 6.30. The maximum absolute atomic E-state index is 13.0. The van der Waals surface area contributed by atoms with E-state index >= 15 is 0 Å². The average Bonchev–Trinajstić information content (AvgIpc) is 2.33. The first-order valence-electron chi connectivity index (χ1n) is 6.30. The molecule has 0 aliphatic carbocycles. The Morgan fingerprint density at radius 3 is 2.88 bits per heavy atom. The molecular formula is C14H22FNO. The number of hydrogen-bond acceptors (Lipinski definition) is 2. The molecule has 0 amide bonds. The molecule has 0 spiro atoms. The number of ether oxygens (including phenoxy) is 1. The van der Waals surface area contributed by atoms with E-state index in [9.17, 15) is 4.39 Å². The maximum Gasteiger partial charge on any atom is 0.123 e. The van der Waals surface area contributed by atoms with Gasteiger partial charge in [0.05, 0.1) is 0 Å². The van der Waals surface area contributed by atoms with Crippen molar-refractivity contribution in [2.24, 2.45) is 0 Å². The number of rotatable bonds is 8. The van der Waals surface area contributed by atoms with Crippen molar-refractivity contribution in [3.63, 3.8) is 0 Å². The summed E-state index contributed by atoms with van der Waals surface area (Å²) in [6.45, 7) is 6.66. The molecule has 0 aliphatic rings. The summed E-state index contributed by atoms with van der Waals surface area (Å²) in [6, 6.07) is 6.90. The molecule has 3 heteroatoms. The van der Waals surface area contributed by atoms with Crippen molar-refractivity contribution >= 4 is 0 Å². The Morgan fingerprint density at radius 2 is 2.18 bits per heavy atom. The molecule has 0 bridgehead atoms. The fourth-order valence-corrected chi connectivity index (χ4v) is 1.63. The SMILES string of the molecule is CCCOCCCNC(C)c1cccc(F)c1. The molecule has 1 rings (SSSR count). The van der Waals surface area contributed by atoms with Crippen LogP contribution in [0.5, 0.6) is 0 Å². The molecule has 0 radical (unpaired) electrons. The Morgan fingerprint density at radius 1 is 1.35 bits per heavy atom. The van der Waals surface area contributed by atoms with E-state index in [1.807, 2.05) is 13.0 Å². The van der Waals surface area contributed by atoms with Crippen molar-refractivity contribution in [2.45, 2.75) is 32.7 Å². The van der Waals surface area contributed by atoms with Crippen molar-refractivity contribution in [3.05, 3.63) is 35.6 Å². The van der Waals surface area contributed by atoms with Gasteiger partial charge >= 0.3 is 0 Å². The van der Waals surface area contributed by atoms with Crippen LogP contribution in [-0.4, -0.2) is 19.8 Å². The van der Waals surface area contributed by atoms with E-state index in [0.717, 1.165) is 38.2 Å². The first-order chi connectivity index (χ1) is 8.24. The fourth-order valence-electron chi connectivity index (χ4n) is 1.63. The van der Waals surface area contributed by atoms with E-state index in [-0.39, 0.29) is 11.9 Å². The van der Waals surface area contributed by atoms with Gasteiger partial charge in [0.1, 0.15) is 5.82 Å². The molecule has 0 aromatic heterocycles. The van der Waals surface area contributed by atoms with Gasteiger partial charge in [-0.25, -0.2) is 4.39 Å². The third kappa shape index (κ3) is 5.80. The van der Waals surface area contributed by atoms with Gasteiger partial charge < -0.3 is 10.1 Å². The zero-order valence-electron chi connectivity index (χ0n) is 10.7. The Kier molecular flexibility index (Phi) is 6.82. The van der Waals surface area contributed by atoms with Crippen LogP contribution in [-0.2, 0) is 4.74 Å². The van der Waals surface area contributed by atoms with Crippen LogP contribution in [0.15, 0.2) is 24.3 Å². The molecule has 1 unspecified atom stereocenters. The lowest BCUT2D eigenvalue weighted by Crippen LogP contribution is -2.21. The zero-order valence-corrected chi connectivity index (χ0v) is 10.7. The van der Waals surface area contributed by atoms with E-state index in [1.165, 1.54) is 6.07 Å². The Labute approximate surface area is 103 Å². The second-order valence-electron chi connectivity index (χ2n) is 4.20. The van der Waals surface area contributed by atoms with E-state index < -0.39 is 0 Å². The van der Waals surface area contributed by atoms with Crippen LogP contribution in [0.2, 0.25) is 0 Å². The number of hydrogen-bond donors (Lipinski definition) is 1. The van der Waals surface area contributed by atoms with Crippen molar-refractivity contribution in [2.75, 3.05) is 19.8 Å². The zero-order chi connectivity index (χ0) is 12.5. The molecule has 2 nitrogen and oxygen atoms in total. The van der Waals surface area contributed by atoms with Gasteiger partial charge in [-0.05, 0) is 44.0 Å². The minimum atomic E-state index is -0.178. The van der Waals surface area contributed by atoms with Crippen LogP contribution in [0.3, 0.4) is 0 Å². The fraction of sp³-hybridized carbons (Fsp3) is 0.571. The summed E-state index contributed by atoms with van der Waals surface area (Å²) in [5.41, 5.74) is 0.986. The van der Waals surface area contributed by atoms with Gasteiger partial charge in [0.2, 0.25) is 0 Å². The van der Waals surface area contributed by atoms with Gasteiger partial charge in [0.15, 0.2) is 0 Å². The third-order valence-electron chi connectivity index (χ3n) is 2.61. The summed E-state index contributed by atoms with van der Waals surface area (Å²) in [5, 5.41) is 3.36. The smallest absolute Gasteiger partial charge is 0.123 e. The number of benzene rings is 1. The summed E-state index contributed by atoms with van der Waals surface area (Å²) in [7, 11) is 0. The molecule has 0 aliphatic heterocycles. The highest BCUT2D eigenvalue weighted by atomic mass is 19.1. The van der Waals surface area contributed by atoms with Crippen LogP contribution < -0.4 is 5.32 Å². The molecule has 17 heavy (non-hydrogen) atoms. The lowest BCUT2D eigenvalue weighted by molar-refractivity contribution is 0.132. The van der Waals surface area contributed by atoms with Crippen LogP contribution in [0.4, 0.5) is 4.39 Å². The standard InChI is InChI=1S/C14H22FNO/c1-3-9-17-10-5-8-16-12(2)13-6-4-7-14(15)11-13/h4,6-7,11-12,16H,3,5,8-10H2,1-2H3. The van der Waals surface area contributed by atoms with Crippen molar-refractivity contribution in [1.82, 2.24) is 5.32 Å². The quantitative estimate of drug-likeness (QED) is 0.703. The van der Waals surface area contributed by atoms with Gasteiger partial charge in [0.25, 0.3) is 0 Å². The number of halogens is 1. The van der Waals surface area contributed by atoms with E-state index in [0.29, 0.717) is 0 Å². The Hall–Kier alpha value is -0.930. The summed E-state index contributed by atoms with van der Waals surface area (Å²) in [4.78, 5) is 0. The summed E-state index contributed by atoms with van der Waals surface area (Å²) in [5.74, 6) is -0.178. The molecule has 0 fully saturated rings. The predicted octanol–water partition coefficient (Wildman–Crippen LogP) is 3.29. The van der Waals surface area contributed by atoms with E-state index in [2.05, 4.69) is 12.2 Å². The molecule has 1 aromatic rings. The largest absolute Gasteiger partial charge is 0.381 e. The predicted molar refractivity (Wildman–Crippen MR) is 68.5 cm³/mol. The Balaban J connectivity index is 2.19.